The Kier molecular flexibility index (Phi) is 3.94. The van der Waals surface area contributed by atoms with Gasteiger partial charge in [-0.25, -0.2) is 13.1 Å². The minimum absolute atomic E-state index is 0.0164. The van der Waals surface area contributed by atoms with E-state index in [0.717, 1.165) is 32.2 Å². The third-order valence-corrected chi connectivity index (χ3v) is 6.13. The van der Waals surface area contributed by atoms with Gasteiger partial charge in [0.05, 0.1) is 12.0 Å². The van der Waals surface area contributed by atoms with Crippen LogP contribution >= 0.6 is 0 Å². The highest BCUT2D eigenvalue weighted by molar-refractivity contribution is 7.89. The second-order valence-corrected chi connectivity index (χ2v) is 7.76. The van der Waals surface area contributed by atoms with Crippen molar-refractivity contribution in [3.63, 3.8) is 0 Å². The summed E-state index contributed by atoms with van der Waals surface area (Å²) in [5.41, 5.74) is 0.180. The van der Waals surface area contributed by atoms with Crippen molar-refractivity contribution in [2.75, 3.05) is 13.7 Å². The van der Waals surface area contributed by atoms with Crippen LogP contribution in [0, 0.1) is 0 Å². The maximum Gasteiger partial charge on any atom is 0.240 e. The number of hydrogen-bond acceptors (Lipinski definition) is 4. The monoisotopic (exact) mass is 310 g/mol. The summed E-state index contributed by atoms with van der Waals surface area (Å²) in [6.07, 6.45) is 5.28. The summed E-state index contributed by atoms with van der Waals surface area (Å²) in [5, 5.41) is 3.55. The molecule has 1 spiro atoms. The zero-order valence-corrected chi connectivity index (χ0v) is 13.1. The standard InChI is InChI=1S/C15H22N2O3S/c1-20-13-4-2-5-14(10-13)21(18,19)17-12-6-9-16-15(11-12)7-3-8-15/h2,4-5,10,12,16-17H,3,6-9,11H2,1H3. The fourth-order valence-corrected chi connectivity index (χ4v) is 4.60. The van der Waals surface area contributed by atoms with E-state index < -0.39 is 10.0 Å². The number of ether oxygens (including phenoxy) is 1. The van der Waals surface area contributed by atoms with Crippen LogP contribution in [0.3, 0.4) is 0 Å². The molecule has 2 fully saturated rings. The lowest BCUT2D eigenvalue weighted by atomic mass is 9.70. The highest BCUT2D eigenvalue weighted by Crippen LogP contribution is 2.38. The second kappa shape index (κ2) is 5.59. The molecule has 1 saturated carbocycles. The molecule has 0 amide bonds. The molecule has 1 aromatic rings. The van der Waals surface area contributed by atoms with Crippen molar-refractivity contribution in [3.05, 3.63) is 24.3 Å². The van der Waals surface area contributed by atoms with Crippen LogP contribution in [0.4, 0.5) is 0 Å². The Morgan fingerprint density at radius 3 is 2.86 bits per heavy atom. The van der Waals surface area contributed by atoms with Crippen molar-refractivity contribution in [1.29, 1.82) is 0 Å². The van der Waals surface area contributed by atoms with Crippen molar-refractivity contribution in [1.82, 2.24) is 10.0 Å². The Morgan fingerprint density at radius 2 is 2.19 bits per heavy atom. The number of methoxy groups -OCH3 is 1. The molecule has 2 N–H and O–H groups in total. The topological polar surface area (TPSA) is 67.4 Å². The van der Waals surface area contributed by atoms with Crippen LogP contribution in [-0.2, 0) is 10.0 Å². The summed E-state index contributed by atoms with van der Waals surface area (Å²) in [5.74, 6) is 0.554. The molecule has 0 radical (unpaired) electrons. The van der Waals surface area contributed by atoms with Gasteiger partial charge in [0, 0.05) is 17.6 Å². The predicted octanol–water partition coefficient (Wildman–Crippen LogP) is 1.65. The minimum atomic E-state index is -3.48. The van der Waals surface area contributed by atoms with Crippen molar-refractivity contribution in [2.24, 2.45) is 0 Å². The Balaban J connectivity index is 1.73. The van der Waals surface area contributed by atoms with Gasteiger partial charge in [-0.2, -0.15) is 0 Å². The van der Waals surface area contributed by atoms with Gasteiger partial charge in [-0.05, 0) is 50.8 Å². The van der Waals surface area contributed by atoms with Gasteiger partial charge in [0.1, 0.15) is 5.75 Å². The number of benzene rings is 1. The Bertz CT molecular complexity index is 611. The van der Waals surface area contributed by atoms with E-state index in [1.807, 2.05) is 0 Å². The van der Waals surface area contributed by atoms with Gasteiger partial charge in [0.2, 0.25) is 10.0 Å². The summed E-state index contributed by atoms with van der Waals surface area (Å²) in [6.45, 7) is 0.880. The van der Waals surface area contributed by atoms with Crippen LogP contribution in [0.5, 0.6) is 5.75 Å². The maximum absolute atomic E-state index is 12.5. The molecule has 1 aliphatic carbocycles. The average Bonchev–Trinajstić information content (AvgIpc) is 2.45. The smallest absolute Gasteiger partial charge is 0.240 e. The van der Waals surface area contributed by atoms with E-state index in [9.17, 15) is 8.42 Å². The molecule has 2 aliphatic rings. The van der Waals surface area contributed by atoms with E-state index in [2.05, 4.69) is 10.0 Å². The summed E-state index contributed by atoms with van der Waals surface area (Å²) in [4.78, 5) is 0.267. The predicted molar refractivity (Wildman–Crippen MR) is 80.9 cm³/mol. The largest absolute Gasteiger partial charge is 0.497 e. The van der Waals surface area contributed by atoms with Gasteiger partial charge in [-0.3, -0.25) is 0 Å². The van der Waals surface area contributed by atoms with Crippen molar-refractivity contribution < 1.29 is 13.2 Å². The first-order valence-corrected chi connectivity index (χ1v) is 8.93. The SMILES string of the molecule is COc1cccc(S(=O)(=O)NC2CCNC3(CCC3)C2)c1. The van der Waals surface area contributed by atoms with E-state index >= 15 is 0 Å². The van der Waals surface area contributed by atoms with Gasteiger partial charge >= 0.3 is 0 Å². The average molecular weight is 310 g/mol. The fraction of sp³-hybridized carbons (Fsp3) is 0.600. The van der Waals surface area contributed by atoms with E-state index in [1.54, 1.807) is 24.3 Å². The minimum Gasteiger partial charge on any atom is -0.497 e. The highest BCUT2D eigenvalue weighted by Gasteiger charge is 2.41. The van der Waals surface area contributed by atoms with Crippen LogP contribution in [0.1, 0.15) is 32.1 Å². The number of sulfonamides is 1. The van der Waals surface area contributed by atoms with Crippen molar-refractivity contribution in [3.8, 4) is 5.75 Å². The van der Waals surface area contributed by atoms with Gasteiger partial charge < -0.3 is 10.1 Å². The fourth-order valence-electron chi connectivity index (χ4n) is 3.30. The number of rotatable bonds is 4. The van der Waals surface area contributed by atoms with E-state index in [1.165, 1.54) is 13.5 Å². The highest BCUT2D eigenvalue weighted by atomic mass is 32.2. The molecule has 1 unspecified atom stereocenters. The molecule has 6 heteroatoms. The quantitative estimate of drug-likeness (QED) is 0.887. The molecular formula is C15H22N2O3S. The van der Waals surface area contributed by atoms with Crippen LogP contribution in [0.2, 0.25) is 0 Å². The van der Waals surface area contributed by atoms with Crippen molar-refractivity contribution >= 4 is 10.0 Å². The molecule has 1 atom stereocenters. The summed E-state index contributed by atoms with van der Waals surface area (Å²) in [7, 11) is -1.95. The maximum atomic E-state index is 12.5. The summed E-state index contributed by atoms with van der Waals surface area (Å²) < 4.78 is 33.0. The third kappa shape index (κ3) is 3.07. The van der Waals surface area contributed by atoms with Gasteiger partial charge in [-0.1, -0.05) is 6.07 Å². The molecular weight excluding hydrogens is 288 g/mol. The van der Waals surface area contributed by atoms with Crippen LogP contribution < -0.4 is 14.8 Å². The zero-order chi connectivity index (χ0) is 14.9. The van der Waals surface area contributed by atoms with Crippen LogP contribution in [-0.4, -0.2) is 33.7 Å². The molecule has 116 valence electrons. The molecule has 5 nitrogen and oxygen atoms in total. The summed E-state index contributed by atoms with van der Waals surface area (Å²) in [6, 6.07) is 6.62. The molecule has 0 aromatic heterocycles. The van der Waals surface area contributed by atoms with Gasteiger partial charge in [0.15, 0.2) is 0 Å². The first-order valence-electron chi connectivity index (χ1n) is 7.44. The molecule has 1 heterocycles. The molecule has 21 heavy (non-hydrogen) atoms. The third-order valence-electron chi connectivity index (χ3n) is 4.61. The second-order valence-electron chi connectivity index (χ2n) is 6.05. The lowest BCUT2D eigenvalue weighted by Crippen LogP contribution is -2.59. The lowest BCUT2D eigenvalue weighted by molar-refractivity contribution is 0.126. The van der Waals surface area contributed by atoms with Gasteiger partial charge in [-0.15, -0.1) is 0 Å². The molecule has 3 rings (SSSR count). The Morgan fingerprint density at radius 1 is 1.38 bits per heavy atom. The number of piperidine rings is 1. The lowest BCUT2D eigenvalue weighted by Gasteiger charge is -2.48. The molecule has 1 aromatic carbocycles. The first-order chi connectivity index (χ1) is 10.0. The number of nitrogens with one attached hydrogen (secondary N) is 2. The first kappa shape index (κ1) is 14.8. The zero-order valence-electron chi connectivity index (χ0n) is 12.3. The van der Waals surface area contributed by atoms with E-state index in [0.29, 0.717) is 5.75 Å². The van der Waals surface area contributed by atoms with Crippen molar-refractivity contribution in [2.45, 2.75) is 48.6 Å². The van der Waals surface area contributed by atoms with E-state index in [4.69, 9.17) is 4.74 Å². The van der Waals surface area contributed by atoms with Crippen LogP contribution in [0.15, 0.2) is 29.2 Å². The normalized spacial score (nSPS) is 24.5. The Labute approximate surface area is 126 Å². The molecule has 0 bridgehead atoms. The van der Waals surface area contributed by atoms with E-state index in [-0.39, 0.29) is 16.5 Å². The van der Waals surface area contributed by atoms with Crippen LogP contribution in [0.25, 0.3) is 0 Å². The Hall–Kier alpha value is -1.11. The van der Waals surface area contributed by atoms with Gasteiger partial charge in [0.25, 0.3) is 0 Å². The molecule has 1 aliphatic heterocycles. The molecule has 1 saturated heterocycles. The summed E-state index contributed by atoms with van der Waals surface area (Å²) >= 11 is 0. The number of hydrogen-bond donors (Lipinski definition) is 2.